The van der Waals surface area contributed by atoms with Gasteiger partial charge in [0, 0.05) is 13.0 Å². The Labute approximate surface area is 66.4 Å². The highest BCUT2D eigenvalue weighted by molar-refractivity contribution is 5.78. The summed E-state index contributed by atoms with van der Waals surface area (Å²) in [4.78, 5) is 22.9. The molecule has 1 heterocycles. The highest BCUT2D eigenvalue weighted by Gasteiger charge is 2.14. The summed E-state index contributed by atoms with van der Waals surface area (Å²) in [5.74, 6) is 0.134. The van der Waals surface area contributed by atoms with Crippen molar-refractivity contribution in [2.45, 2.75) is 25.7 Å². The minimum absolute atomic E-state index is 0.134. The molecule has 1 saturated heterocycles. The first-order valence-electron chi connectivity index (χ1n) is 4.06. The number of amides is 1. The maximum atomic E-state index is 11.2. The second kappa shape index (κ2) is 4.11. The quantitative estimate of drug-likeness (QED) is 0.547. The monoisotopic (exact) mass is 155 g/mol. The lowest BCUT2D eigenvalue weighted by atomic mass is 10.2. The van der Waals surface area contributed by atoms with Gasteiger partial charge in [-0.2, -0.15) is 0 Å². The van der Waals surface area contributed by atoms with Gasteiger partial charge in [-0.15, -0.1) is 0 Å². The van der Waals surface area contributed by atoms with Crippen LogP contribution in [0.15, 0.2) is 0 Å². The fraction of sp³-hybridized carbons (Fsp3) is 0.750. The molecule has 0 saturated carbocycles. The van der Waals surface area contributed by atoms with Crippen molar-refractivity contribution < 1.29 is 9.59 Å². The lowest BCUT2D eigenvalue weighted by Crippen LogP contribution is -2.31. The number of nitrogens with zero attached hydrogens (tertiary/aromatic N) is 1. The third kappa shape index (κ3) is 2.33. The van der Waals surface area contributed by atoms with E-state index in [9.17, 15) is 9.59 Å². The summed E-state index contributed by atoms with van der Waals surface area (Å²) >= 11 is 0. The van der Waals surface area contributed by atoms with Crippen LogP contribution in [0.25, 0.3) is 0 Å². The Balaban J connectivity index is 2.45. The first-order chi connectivity index (χ1) is 5.34. The van der Waals surface area contributed by atoms with Gasteiger partial charge in [0.15, 0.2) is 0 Å². The molecule has 0 N–H and O–H groups in total. The van der Waals surface area contributed by atoms with E-state index in [1.807, 2.05) is 0 Å². The zero-order chi connectivity index (χ0) is 8.10. The maximum absolute atomic E-state index is 11.2. The van der Waals surface area contributed by atoms with Crippen LogP contribution in [0.2, 0.25) is 0 Å². The van der Waals surface area contributed by atoms with E-state index in [0.717, 1.165) is 32.1 Å². The van der Waals surface area contributed by atoms with Crippen molar-refractivity contribution in [3.05, 3.63) is 0 Å². The fourth-order valence-corrected chi connectivity index (χ4v) is 1.32. The number of likely N-dealkylation sites (tertiary alicyclic amines) is 1. The summed E-state index contributed by atoms with van der Waals surface area (Å²) in [6.07, 6.45) is 4.55. The summed E-state index contributed by atoms with van der Waals surface area (Å²) < 4.78 is 0. The molecule has 62 valence electrons. The maximum Gasteiger partial charge on any atom is 0.222 e. The van der Waals surface area contributed by atoms with Gasteiger partial charge < -0.3 is 9.69 Å². The Morgan fingerprint density at radius 2 is 2.18 bits per heavy atom. The van der Waals surface area contributed by atoms with Crippen molar-refractivity contribution in [2.75, 3.05) is 13.1 Å². The molecular weight excluding hydrogens is 142 g/mol. The number of rotatable bonds is 2. The van der Waals surface area contributed by atoms with E-state index in [1.54, 1.807) is 4.90 Å². The molecule has 1 rings (SSSR count). The molecule has 0 radical (unpaired) electrons. The fourth-order valence-electron chi connectivity index (χ4n) is 1.32. The molecule has 0 atom stereocenters. The molecule has 3 nitrogen and oxygen atoms in total. The lowest BCUT2D eigenvalue weighted by molar-refractivity contribution is -0.132. The summed E-state index contributed by atoms with van der Waals surface area (Å²) in [5.41, 5.74) is 0. The largest absolute Gasteiger partial charge is 0.336 e. The number of aldehydes is 1. The molecule has 1 aliphatic rings. The summed E-state index contributed by atoms with van der Waals surface area (Å²) in [5, 5.41) is 0. The van der Waals surface area contributed by atoms with E-state index in [-0.39, 0.29) is 12.5 Å². The highest BCUT2D eigenvalue weighted by Crippen LogP contribution is 2.09. The van der Waals surface area contributed by atoms with Gasteiger partial charge in [0.05, 0.1) is 6.54 Å². The number of carbonyl (C=O) groups excluding carboxylic acids is 2. The normalized spacial score (nSPS) is 19.6. The van der Waals surface area contributed by atoms with Crippen molar-refractivity contribution in [3.8, 4) is 0 Å². The zero-order valence-electron chi connectivity index (χ0n) is 6.58. The lowest BCUT2D eigenvalue weighted by Gasteiger charge is -2.16. The smallest absolute Gasteiger partial charge is 0.222 e. The predicted octanol–water partition coefficient (Wildman–Crippen LogP) is 0.588. The number of carbonyl (C=O) groups is 2. The van der Waals surface area contributed by atoms with Gasteiger partial charge in [-0.05, 0) is 12.8 Å². The van der Waals surface area contributed by atoms with Crippen LogP contribution in [-0.2, 0) is 9.59 Å². The summed E-state index contributed by atoms with van der Waals surface area (Å²) in [7, 11) is 0. The molecule has 0 spiro atoms. The number of hydrogen-bond donors (Lipinski definition) is 0. The second-order valence-corrected chi connectivity index (χ2v) is 2.82. The van der Waals surface area contributed by atoms with E-state index in [2.05, 4.69) is 0 Å². The van der Waals surface area contributed by atoms with Crippen LogP contribution in [0.1, 0.15) is 25.7 Å². The van der Waals surface area contributed by atoms with Crippen LogP contribution in [0, 0.1) is 0 Å². The third-order valence-corrected chi connectivity index (χ3v) is 1.97. The van der Waals surface area contributed by atoms with Crippen LogP contribution < -0.4 is 0 Å². The minimum atomic E-state index is 0.134. The summed E-state index contributed by atoms with van der Waals surface area (Å²) in [6.45, 7) is 1.04. The van der Waals surface area contributed by atoms with Crippen LogP contribution in [0.5, 0.6) is 0 Å². The molecule has 11 heavy (non-hydrogen) atoms. The molecule has 1 amide bonds. The Morgan fingerprint density at radius 1 is 1.36 bits per heavy atom. The highest BCUT2D eigenvalue weighted by atomic mass is 16.2. The van der Waals surface area contributed by atoms with Crippen LogP contribution in [0.3, 0.4) is 0 Å². The van der Waals surface area contributed by atoms with Gasteiger partial charge >= 0.3 is 0 Å². The molecule has 0 aromatic carbocycles. The SMILES string of the molecule is O=CCN1CCCCCC1=O. The molecule has 1 fully saturated rings. The van der Waals surface area contributed by atoms with Crippen LogP contribution in [0.4, 0.5) is 0 Å². The van der Waals surface area contributed by atoms with E-state index in [1.165, 1.54) is 0 Å². The first-order valence-corrected chi connectivity index (χ1v) is 4.06. The van der Waals surface area contributed by atoms with E-state index >= 15 is 0 Å². The van der Waals surface area contributed by atoms with Crippen molar-refractivity contribution in [2.24, 2.45) is 0 Å². The van der Waals surface area contributed by atoms with Gasteiger partial charge in [0.25, 0.3) is 0 Å². The predicted molar refractivity (Wildman–Crippen MR) is 41.1 cm³/mol. The topological polar surface area (TPSA) is 37.4 Å². The molecule has 0 bridgehead atoms. The van der Waals surface area contributed by atoms with Crippen molar-refractivity contribution in [3.63, 3.8) is 0 Å². The molecule has 0 unspecified atom stereocenters. The average Bonchev–Trinajstić information content (AvgIpc) is 2.18. The Bertz CT molecular complexity index is 156. The van der Waals surface area contributed by atoms with Crippen LogP contribution in [-0.4, -0.2) is 30.2 Å². The molecule has 3 heteroatoms. The van der Waals surface area contributed by atoms with E-state index < -0.39 is 0 Å². The van der Waals surface area contributed by atoms with E-state index in [0.29, 0.717) is 6.42 Å². The van der Waals surface area contributed by atoms with Gasteiger partial charge in [0.1, 0.15) is 6.29 Å². The van der Waals surface area contributed by atoms with Gasteiger partial charge in [-0.3, -0.25) is 4.79 Å². The molecule has 0 aromatic heterocycles. The minimum Gasteiger partial charge on any atom is -0.336 e. The van der Waals surface area contributed by atoms with Crippen LogP contribution >= 0.6 is 0 Å². The van der Waals surface area contributed by atoms with Crippen molar-refractivity contribution in [1.29, 1.82) is 0 Å². The molecular formula is C8H13NO2. The average molecular weight is 155 g/mol. The molecule has 0 aromatic rings. The Kier molecular flexibility index (Phi) is 3.08. The molecule has 1 aliphatic heterocycles. The Morgan fingerprint density at radius 3 is 2.91 bits per heavy atom. The zero-order valence-corrected chi connectivity index (χ0v) is 6.58. The third-order valence-electron chi connectivity index (χ3n) is 1.97. The summed E-state index contributed by atoms with van der Waals surface area (Å²) in [6, 6.07) is 0. The van der Waals surface area contributed by atoms with Gasteiger partial charge in [0.2, 0.25) is 5.91 Å². The number of hydrogen-bond acceptors (Lipinski definition) is 2. The van der Waals surface area contributed by atoms with Gasteiger partial charge in [-0.25, -0.2) is 0 Å². The van der Waals surface area contributed by atoms with Gasteiger partial charge in [-0.1, -0.05) is 6.42 Å². The van der Waals surface area contributed by atoms with Crippen molar-refractivity contribution >= 4 is 12.2 Å². The second-order valence-electron chi connectivity index (χ2n) is 2.82. The van der Waals surface area contributed by atoms with Crippen molar-refractivity contribution in [1.82, 2.24) is 4.90 Å². The Hall–Kier alpha value is -0.860. The standard InChI is InChI=1S/C8H13NO2/c10-7-6-9-5-3-1-2-4-8(9)11/h7H,1-6H2. The van der Waals surface area contributed by atoms with E-state index in [4.69, 9.17) is 0 Å². The first kappa shape index (κ1) is 8.24. The molecule has 0 aliphatic carbocycles.